The molecule has 0 saturated carbocycles. The zero-order valence-corrected chi connectivity index (χ0v) is 9.93. The zero-order valence-electron chi connectivity index (χ0n) is 9.93. The second-order valence-corrected chi connectivity index (χ2v) is 3.77. The van der Waals surface area contributed by atoms with Crippen LogP contribution in [-0.4, -0.2) is 32.0 Å². The van der Waals surface area contributed by atoms with E-state index >= 15 is 0 Å². The molecule has 0 amide bonds. The summed E-state index contributed by atoms with van der Waals surface area (Å²) in [5.74, 6) is 0. The Bertz CT molecular complexity index is 274. The van der Waals surface area contributed by atoms with Gasteiger partial charge in [-0.3, -0.25) is 0 Å². The maximum atomic E-state index is 10.0. The normalized spacial score (nSPS) is 14.7. The number of hydrogen-bond donors (Lipinski definition) is 1. The minimum absolute atomic E-state index is 0.252. The van der Waals surface area contributed by atoms with Gasteiger partial charge in [-0.05, 0) is 18.4 Å². The Labute approximate surface area is 97.0 Å². The van der Waals surface area contributed by atoms with E-state index in [2.05, 4.69) is 0 Å². The van der Waals surface area contributed by atoms with Crippen LogP contribution >= 0.6 is 0 Å². The summed E-state index contributed by atoms with van der Waals surface area (Å²) in [5.41, 5.74) is 1.01. The van der Waals surface area contributed by atoms with Crippen LogP contribution in [0.2, 0.25) is 0 Å². The Morgan fingerprint density at radius 1 is 1.19 bits per heavy atom. The number of ether oxygens (including phenoxy) is 2. The van der Waals surface area contributed by atoms with E-state index in [4.69, 9.17) is 9.47 Å². The predicted molar refractivity (Wildman–Crippen MR) is 63.3 cm³/mol. The lowest BCUT2D eigenvalue weighted by Gasteiger charge is -2.21. The second-order valence-electron chi connectivity index (χ2n) is 3.77. The van der Waals surface area contributed by atoms with Crippen molar-refractivity contribution in [2.24, 2.45) is 0 Å². The summed E-state index contributed by atoms with van der Waals surface area (Å²) < 4.78 is 10.3. The molecule has 0 heterocycles. The van der Waals surface area contributed by atoms with Gasteiger partial charge in [-0.2, -0.15) is 0 Å². The monoisotopic (exact) mass is 224 g/mol. The molecule has 0 aliphatic heterocycles. The highest BCUT2D eigenvalue weighted by molar-refractivity contribution is 5.18. The molecule has 0 aliphatic carbocycles. The zero-order chi connectivity index (χ0) is 11.8. The lowest BCUT2D eigenvalue weighted by Crippen LogP contribution is -2.20. The van der Waals surface area contributed by atoms with Gasteiger partial charge in [-0.25, -0.2) is 0 Å². The molecule has 3 nitrogen and oxygen atoms in total. The first kappa shape index (κ1) is 13.2. The van der Waals surface area contributed by atoms with E-state index < -0.39 is 6.10 Å². The highest BCUT2D eigenvalue weighted by Crippen LogP contribution is 2.22. The Kier molecular flexibility index (Phi) is 6.08. The van der Waals surface area contributed by atoms with Crippen molar-refractivity contribution in [1.29, 1.82) is 0 Å². The van der Waals surface area contributed by atoms with Gasteiger partial charge in [0.05, 0.1) is 6.10 Å². The summed E-state index contributed by atoms with van der Waals surface area (Å²) in [6.45, 7) is 0.669. The van der Waals surface area contributed by atoms with E-state index in [9.17, 15) is 5.11 Å². The van der Waals surface area contributed by atoms with E-state index in [-0.39, 0.29) is 6.10 Å². The van der Waals surface area contributed by atoms with Crippen molar-refractivity contribution in [3.05, 3.63) is 35.9 Å². The van der Waals surface area contributed by atoms with E-state index in [1.54, 1.807) is 14.2 Å². The molecule has 1 aromatic rings. The molecule has 1 aromatic carbocycles. The first-order chi connectivity index (χ1) is 7.79. The van der Waals surface area contributed by atoms with Crippen LogP contribution in [0.4, 0.5) is 0 Å². The van der Waals surface area contributed by atoms with Crippen molar-refractivity contribution < 1.29 is 14.6 Å². The molecular weight excluding hydrogens is 204 g/mol. The third kappa shape index (κ3) is 3.93. The first-order valence-electron chi connectivity index (χ1n) is 5.54. The lowest BCUT2D eigenvalue weighted by atomic mass is 10.0. The van der Waals surface area contributed by atoms with Crippen molar-refractivity contribution in [3.8, 4) is 0 Å². The van der Waals surface area contributed by atoms with E-state index in [1.807, 2.05) is 30.3 Å². The standard InChI is InChI=1S/C13H20O3/c1-15-10-6-9-12(14)13(16-2)11-7-4-3-5-8-11/h3-5,7-8,12-14H,6,9-10H2,1-2H3. The van der Waals surface area contributed by atoms with Crippen LogP contribution in [0.25, 0.3) is 0 Å². The molecule has 0 aliphatic rings. The van der Waals surface area contributed by atoms with Gasteiger partial charge in [0.25, 0.3) is 0 Å². The largest absolute Gasteiger partial charge is 0.390 e. The Morgan fingerprint density at radius 2 is 1.88 bits per heavy atom. The minimum atomic E-state index is -0.484. The number of benzene rings is 1. The average Bonchev–Trinajstić information content (AvgIpc) is 2.32. The van der Waals surface area contributed by atoms with Gasteiger partial charge in [0.1, 0.15) is 6.10 Å². The maximum Gasteiger partial charge on any atom is 0.108 e. The smallest absolute Gasteiger partial charge is 0.108 e. The first-order valence-corrected chi connectivity index (χ1v) is 5.54. The third-order valence-corrected chi connectivity index (χ3v) is 2.58. The Morgan fingerprint density at radius 3 is 2.44 bits per heavy atom. The fraction of sp³-hybridized carbons (Fsp3) is 0.538. The Balaban J connectivity index is 2.53. The van der Waals surface area contributed by atoms with Crippen molar-refractivity contribution in [2.75, 3.05) is 20.8 Å². The van der Waals surface area contributed by atoms with Gasteiger partial charge in [-0.1, -0.05) is 30.3 Å². The van der Waals surface area contributed by atoms with Crippen molar-refractivity contribution in [3.63, 3.8) is 0 Å². The number of rotatable bonds is 7. The van der Waals surface area contributed by atoms with Crippen molar-refractivity contribution in [1.82, 2.24) is 0 Å². The molecule has 0 spiro atoms. The van der Waals surface area contributed by atoms with Gasteiger partial charge < -0.3 is 14.6 Å². The molecule has 0 aromatic heterocycles. The fourth-order valence-electron chi connectivity index (χ4n) is 1.75. The summed E-state index contributed by atoms with van der Waals surface area (Å²) in [5, 5.41) is 10.0. The number of aliphatic hydroxyl groups is 1. The summed E-state index contributed by atoms with van der Waals surface area (Å²) in [6.07, 6.45) is 0.784. The topological polar surface area (TPSA) is 38.7 Å². The molecule has 1 rings (SSSR count). The summed E-state index contributed by atoms with van der Waals surface area (Å²) in [7, 11) is 3.29. The summed E-state index contributed by atoms with van der Waals surface area (Å²) in [6, 6.07) is 9.78. The lowest BCUT2D eigenvalue weighted by molar-refractivity contribution is -0.0205. The van der Waals surface area contributed by atoms with Gasteiger partial charge in [0, 0.05) is 20.8 Å². The molecule has 0 fully saturated rings. The predicted octanol–water partition coefficient (Wildman–Crippen LogP) is 2.16. The third-order valence-electron chi connectivity index (χ3n) is 2.58. The molecule has 1 N–H and O–H groups in total. The number of aliphatic hydroxyl groups excluding tert-OH is 1. The van der Waals surface area contributed by atoms with E-state index in [0.29, 0.717) is 13.0 Å². The Hall–Kier alpha value is -0.900. The van der Waals surface area contributed by atoms with Gasteiger partial charge in [0.15, 0.2) is 0 Å². The van der Waals surface area contributed by atoms with Gasteiger partial charge in [-0.15, -0.1) is 0 Å². The van der Waals surface area contributed by atoms with Crippen LogP contribution in [0.5, 0.6) is 0 Å². The highest BCUT2D eigenvalue weighted by atomic mass is 16.5. The summed E-state index contributed by atoms with van der Waals surface area (Å²) in [4.78, 5) is 0. The quantitative estimate of drug-likeness (QED) is 0.721. The average molecular weight is 224 g/mol. The molecule has 16 heavy (non-hydrogen) atoms. The molecular formula is C13H20O3. The SMILES string of the molecule is COCCCC(O)C(OC)c1ccccc1. The molecule has 0 bridgehead atoms. The van der Waals surface area contributed by atoms with Gasteiger partial charge >= 0.3 is 0 Å². The molecule has 2 unspecified atom stereocenters. The van der Waals surface area contributed by atoms with Gasteiger partial charge in [0.2, 0.25) is 0 Å². The van der Waals surface area contributed by atoms with Crippen LogP contribution in [0.1, 0.15) is 24.5 Å². The van der Waals surface area contributed by atoms with E-state index in [1.165, 1.54) is 0 Å². The fourth-order valence-corrected chi connectivity index (χ4v) is 1.75. The van der Waals surface area contributed by atoms with Crippen LogP contribution in [0.15, 0.2) is 30.3 Å². The second kappa shape index (κ2) is 7.39. The van der Waals surface area contributed by atoms with E-state index in [0.717, 1.165) is 12.0 Å². The van der Waals surface area contributed by atoms with Crippen molar-refractivity contribution >= 4 is 0 Å². The molecule has 0 saturated heterocycles. The van der Waals surface area contributed by atoms with Crippen LogP contribution in [0.3, 0.4) is 0 Å². The van der Waals surface area contributed by atoms with Crippen molar-refractivity contribution in [2.45, 2.75) is 25.0 Å². The summed E-state index contributed by atoms with van der Waals surface area (Å²) >= 11 is 0. The highest BCUT2D eigenvalue weighted by Gasteiger charge is 2.19. The molecule has 90 valence electrons. The number of methoxy groups -OCH3 is 2. The molecule has 3 heteroatoms. The molecule has 0 radical (unpaired) electrons. The number of hydrogen-bond acceptors (Lipinski definition) is 3. The van der Waals surface area contributed by atoms with Crippen LogP contribution in [0, 0.1) is 0 Å². The minimum Gasteiger partial charge on any atom is -0.390 e. The van der Waals surface area contributed by atoms with Crippen LogP contribution in [-0.2, 0) is 9.47 Å². The maximum absolute atomic E-state index is 10.0. The van der Waals surface area contributed by atoms with Crippen LogP contribution < -0.4 is 0 Å². The molecule has 2 atom stereocenters.